The van der Waals surface area contributed by atoms with E-state index in [-0.39, 0.29) is 12.0 Å². The van der Waals surface area contributed by atoms with E-state index in [1.165, 1.54) is 0 Å². The monoisotopic (exact) mass is 329 g/mol. The van der Waals surface area contributed by atoms with E-state index in [1.807, 2.05) is 38.1 Å². The normalized spacial score (nSPS) is 10.5. The van der Waals surface area contributed by atoms with Gasteiger partial charge in [-0.05, 0) is 62.4 Å². The topological polar surface area (TPSA) is 56.8 Å². The first-order valence-corrected chi connectivity index (χ1v) is 7.88. The van der Waals surface area contributed by atoms with Gasteiger partial charge in [-0.3, -0.25) is 4.79 Å². The molecule has 0 unspecified atom stereocenters. The van der Waals surface area contributed by atoms with Gasteiger partial charge in [0.25, 0.3) is 5.91 Å². The Labute approximate surface area is 142 Å². The molecule has 1 N–H and O–H groups in total. The summed E-state index contributed by atoms with van der Waals surface area (Å²) in [5, 5.41) is 2.86. The molecule has 0 bridgehead atoms. The third-order valence-corrected chi connectivity index (χ3v) is 3.16. The van der Waals surface area contributed by atoms with Gasteiger partial charge in [0.15, 0.2) is 0 Å². The number of nitrogens with one attached hydrogen (secondary N) is 1. The lowest BCUT2D eigenvalue weighted by atomic mass is 10.2. The minimum atomic E-state index is -0.170. The minimum absolute atomic E-state index is 0.120. The highest BCUT2D eigenvalue weighted by Gasteiger charge is 2.07. The van der Waals surface area contributed by atoms with Gasteiger partial charge in [-0.2, -0.15) is 0 Å². The molecule has 0 spiro atoms. The van der Waals surface area contributed by atoms with E-state index in [0.29, 0.717) is 24.5 Å². The molecule has 128 valence electrons. The highest BCUT2D eigenvalue weighted by molar-refractivity contribution is 6.04. The Balaban J connectivity index is 1.91. The fourth-order valence-electron chi connectivity index (χ4n) is 2.04. The van der Waals surface area contributed by atoms with Gasteiger partial charge in [0.2, 0.25) is 0 Å². The lowest BCUT2D eigenvalue weighted by molar-refractivity contribution is 0.102. The van der Waals surface area contributed by atoms with Crippen LogP contribution in [-0.4, -0.2) is 32.3 Å². The summed E-state index contributed by atoms with van der Waals surface area (Å²) < 4.78 is 16.0. The number of rotatable bonds is 8. The third-order valence-electron chi connectivity index (χ3n) is 3.16. The predicted octanol–water partition coefficient (Wildman–Crippen LogP) is 3.75. The van der Waals surface area contributed by atoms with Crippen molar-refractivity contribution in [2.45, 2.75) is 20.0 Å². The van der Waals surface area contributed by atoms with E-state index in [0.717, 1.165) is 11.4 Å². The summed E-state index contributed by atoms with van der Waals surface area (Å²) in [6.45, 7) is 4.95. The number of amides is 1. The van der Waals surface area contributed by atoms with Crippen LogP contribution in [0.15, 0.2) is 48.5 Å². The fourth-order valence-corrected chi connectivity index (χ4v) is 2.04. The van der Waals surface area contributed by atoms with Crippen LogP contribution >= 0.6 is 0 Å². The van der Waals surface area contributed by atoms with Crippen LogP contribution in [0.3, 0.4) is 0 Å². The van der Waals surface area contributed by atoms with E-state index in [4.69, 9.17) is 14.2 Å². The molecule has 0 aliphatic heterocycles. The molecule has 0 aliphatic rings. The average molecular weight is 329 g/mol. The SMILES string of the molecule is COCCOc1ccc(C(=O)Nc2ccc(OC(C)C)cc2)cc1. The summed E-state index contributed by atoms with van der Waals surface area (Å²) in [5.41, 5.74) is 1.29. The fraction of sp³-hybridized carbons (Fsp3) is 0.316. The van der Waals surface area contributed by atoms with Crippen LogP contribution in [0, 0.1) is 0 Å². The van der Waals surface area contributed by atoms with Gasteiger partial charge in [-0.25, -0.2) is 0 Å². The first-order chi connectivity index (χ1) is 11.6. The first-order valence-electron chi connectivity index (χ1n) is 7.88. The van der Waals surface area contributed by atoms with Gasteiger partial charge < -0.3 is 19.5 Å². The molecule has 0 atom stereocenters. The smallest absolute Gasteiger partial charge is 0.255 e. The summed E-state index contributed by atoms with van der Waals surface area (Å²) in [6.07, 6.45) is 0.120. The van der Waals surface area contributed by atoms with Crippen molar-refractivity contribution >= 4 is 11.6 Å². The van der Waals surface area contributed by atoms with Gasteiger partial charge in [-0.15, -0.1) is 0 Å². The zero-order valence-electron chi connectivity index (χ0n) is 14.2. The highest BCUT2D eigenvalue weighted by Crippen LogP contribution is 2.18. The molecule has 0 radical (unpaired) electrons. The zero-order chi connectivity index (χ0) is 17.4. The Morgan fingerprint density at radius 3 is 2.17 bits per heavy atom. The quantitative estimate of drug-likeness (QED) is 0.749. The Morgan fingerprint density at radius 1 is 0.958 bits per heavy atom. The lowest BCUT2D eigenvalue weighted by Gasteiger charge is -2.11. The van der Waals surface area contributed by atoms with Gasteiger partial charge >= 0.3 is 0 Å². The van der Waals surface area contributed by atoms with Crippen LogP contribution in [-0.2, 0) is 4.74 Å². The van der Waals surface area contributed by atoms with Crippen molar-refractivity contribution in [1.29, 1.82) is 0 Å². The molecule has 0 saturated heterocycles. The second kappa shape index (κ2) is 8.93. The lowest BCUT2D eigenvalue weighted by Crippen LogP contribution is -2.12. The average Bonchev–Trinajstić information content (AvgIpc) is 2.57. The predicted molar refractivity (Wildman–Crippen MR) is 94.0 cm³/mol. The van der Waals surface area contributed by atoms with E-state index in [9.17, 15) is 4.79 Å². The van der Waals surface area contributed by atoms with Crippen LogP contribution in [0.1, 0.15) is 24.2 Å². The van der Waals surface area contributed by atoms with Gasteiger partial charge in [0.1, 0.15) is 18.1 Å². The zero-order valence-corrected chi connectivity index (χ0v) is 14.2. The number of carbonyl (C=O) groups excluding carboxylic acids is 1. The van der Waals surface area contributed by atoms with Crippen LogP contribution in [0.25, 0.3) is 0 Å². The van der Waals surface area contributed by atoms with Crippen molar-refractivity contribution in [1.82, 2.24) is 0 Å². The van der Waals surface area contributed by atoms with E-state index in [1.54, 1.807) is 31.4 Å². The molecule has 2 aromatic rings. The molecule has 1 amide bonds. The summed E-state index contributed by atoms with van der Waals surface area (Å²) in [7, 11) is 1.62. The van der Waals surface area contributed by atoms with Gasteiger partial charge in [0.05, 0.1) is 12.7 Å². The molecule has 0 fully saturated rings. The van der Waals surface area contributed by atoms with Crippen molar-refractivity contribution < 1.29 is 19.0 Å². The molecule has 2 rings (SSSR count). The third kappa shape index (κ3) is 5.59. The molecule has 0 aromatic heterocycles. The van der Waals surface area contributed by atoms with Crippen molar-refractivity contribution in [2.75, 3.05) is 25.6 Å². The van der Waals surface area contributed by atoms with E-state index in [2.05, 4.69) is 5.32 Å². The minimum Gasteiger partial charge on any atom is -0.491 e. The highest BCUT2D eigenvalue weighted by atomic mass is 16.5. The summed E-state index contributed by atoms with van der Waals surface area (Å²) in [6, 6.07) is 14.3. The van der Waals surface area contributed by atoms with Crippen molar-refractivity contribution in [3.63, 3.8) is 0 Å². The summed E-state index contributed by atoms with van der Waals surface area (Å²) >= 11 is 0. The van der Waals surface area contributed by atoms with Crippen molar-refractivity contribution in [2.24, 2.45) is 0 Å². The summed E-state index contributed by atoms with van der Waals surface area (Å²) in [4.78, 5) is 12.2. The molecule has 5 heteroatoms. The molecular formula is C19H23NO4. The van der Waals surface area contributed by atoms with Crippen molar-refractivity contribution in [3.05, 3.63) is 54.1 Å². The molecule has 0 saturated carbocycles. The first kappa shape index (κ1) is 17.8. The maximum Gasteiger partial charge on any atom is 0.255 e. The van der Waals surface area contributed by atoms with Gasteiger partial charge in [0, 0.05) is 18.4 Å². The Morgan fingerprint density at radius 2 is 1.58 bits per heavy atom. The maximum atomic E-state index is 12.2. The molecule has 2 aromatic carbocycles. The second-order valence-corrected chi connectivity index (χ2v) is 5.51. The molecule has 0 heterocycles. The van der Waals surface area contributed by atoms with E-state index >= 15 is 0 Å². The van der Waals surface area contributed by atoms with Crippen LogP contribution < -0.4 is 14.8 Å². The maximum absolute atomic E-state index is 12.2. The van der Waals surface area contributed by atoms with Gasteiger partial charge in [-0.1, -0.05) is 0 Å². The van der Waals surface area contributed by atoms with Crippen LogP contribution in [0.2, 0.25) is 0 Å². The molecular weight excluding hydrogens is 306 g/mol. The van der Waals surface area contributed by atoms with Crippen LogP contribution in [0.5, 0.6) is 11.5 Å². The Bertz CT molecular complexity index is 635. The number of benzene rings is 2. The largest absolute Gasteiger partial charge is 0.491 e. The number of anilines is 1. The number of hydrogen-bond acceptors (Lipinski definition) is 4. The van der Waals surface area contributed by atoms with Crippen molar-refractivity contribution in [3.8, 4) is 11.5 Å². The Hall–Kier alpha value is -2.53. The number of carbonyl (C=O) groups is 1. The number of methoxy groups -OCH3 is 1. The van der Waals surface area contributed by atoms with Crippen LogP contribution in [0.4, 0.5) is 5.69 Å². The van der Waals surface area contributed by atoms with E-state index < -0.39 is 0 Å². The number of hydrogen-bond donors (Lipinski definition) is 1. The second-order valence-electron chi connectivity index (χ2n) is 5.51. The standard InChI is InChI=1S/C19H23NO4/c1-14(2)24-18-10-6-16(7-11-18)20-19(21)15-4-8-17(9-5-15)23-13-12-22-3/h4-11,14H,12-13H2,1-3H3,(H,20,21). The summed E-state index contributed by atoms with van der Waals surface area (Å²) in [5.74, 6) is 1.32. The molecule has 0 aliphatic carbocycles. The molecule has 5 nitrogen and oxygen atoms in total. The molecule has 24 heavy (non-hydrogen) atoms. The Kier molecular flexibility index (Phi) is 6.63. The number of ether oxygens (including phenoxy) is 3.